The molecule has 0 unspecified atom stereocenters. The van der Waals surface area contributed by atoms with E-state index < -0.39 is 0 Å². The van der Waals surface area contributed by atoms with E-state index in [1.165, 1.54) is 0 Å². The minimum Gasteiger partial charge on any atom is -0.363 e. The zero-order valence-electron chi connectivity index (χ0n) is 14.4. The highest BCUT2D eigenvalue weighted by atomic mass is 16.2. The second-order valence-corrected chi connectivity index (χ2v) is 5.98. The number of hydrogen-bond acceptors (Lipinski definition) is 4. The molecule has 2 amide bonds. The lowest BCUT2D eigenvalue weighted by Crippen LogP contribution is -2.36. The molecule has 0 spiro atoms. The number of nitrogens with zero attached hydrogens (tertiary/aromatic N) is 4. The Bertz CT molecular complexity index is 807. The molecule has 3 aromatic rings. The Balaban J connectivity index is 1.42. The van der Waals surface area contributed by atoms with Crippen LogP contribution in [0.25, 0.3) is 5.65 Å². The van der Waals surface area contributed by atoms with E-state index >= 15 is 0 Å². The summed E-state index contributed by atoms with van der Waals surface area (Å²) in [4.78, 5) is 22.6. The van der Waals surface area contributed by atoms with Crippen LogP contribution in [-0.4, -0.2) is 41.0 Å². The number of fused-ring (bicyclic) bond motifs is 1. The van der Waals surface area contributed by atoms with E-state index in [-0.39, 0.29) is 6.03 Å². The molecule has 0 aromatic carbocycles. The maximum Gasteiger partial charge on any atom is 0.315 e. The van der Waals surface area contributed by atoms with Gasteiger partial charge >= 0.3 is 6.03 Å². The number of pyridine rings is 2. The fourth-order valence-electron chi connectivity index (χ4n) is 2.44. The van der Waals surface area contributed by atoms with Gasteiger partial charge in [0, 0.05) is 52.2 Å². The SMILES string of the molecule is CN(C)c1ccc(CNC(=O)NCCc2cn3ccccc3n2)cn1. The van der Waals surface area contributed by atoms with Crippen LogP contribution in [0.2, 0.25) is 0 Å². The second kappa shape index (κ2) is 7.65. The van der Waals surface area contributed by atoms with Crippen LogP contribution in [-0.2, 0) is 13.0 Å². The number of carbonyl (C=O) groups excluding carboxylic acids is 1. The zero-order chi connectivity index (χ0) is 17.6. The summed E-state index contributed by atoms with van der Waals surface area (Å²) in [5.41, 5.74) is 2.83. The third kappa shape index (κ3) is 4.47. The molecule has 7 heteroatoms. The Kier molecular flexibility index (Phi) is 5.13. The summed E-state index contributed by atoms with van der Waals surface area (Å²) in [6.45, 7) is 0.981. The lowest BCUT2D eigenvalue weighted by atomic mass is 10.3. The lowest BCUT2D eigenvalue weighted by molar-refractivity contribution is 0.240. The van der Waals surface area contributed by atoms with Crippen LogP contribution in [0.5, 0.6) is 0 Å². The van der Waals surface area contributed by atoms with Crippen molar-refractivity contribution >= 4 is 17.5 Å². The maximum atomic E-state index is 11.9. The summed E-state index contributed by atoms with van der Waals surface area (Å²) in [5, 5.41) is 5.68. The van der Waals surface area contributed by atoms with E-state index in [4.69, 9.17) is 0 Å². The van der Waals surface area contributed by atoms with E-state index in [1.807, 2.05) is 66.1 Å². The van der Waals surface area contributed by atoms with Gasteiger partial charge in [0.2, 0.25) is 0 Å². The van der Waals surface area contributed by atoms with E-state index in [9.17, 15) is 4.79 Å². The molecule has 0 saturated heterocycles. The summed E-state index contributed by atoms with van der Waals surface area (Å²) < 4.78 is 1.97. The first kappa shape index (κ1) is 16.8. The molecule has 0 aliphatic carbocycles. The monoisotopic (exact) mass is 338 g/mol. The van der Waals surface area contributed by atoms with Crippen molar-refractivity contribution < 1.29 is 4.79 Å². The van der Waals surface area contributed by atoms with E-state index in [1.54, 1.807) is 6.20 Å². The summed E-state index contributed by atoms with van der Waals surface area (Å²) in [7, 11) is 3.88. The predicted molar refractivity (Wildman–Crippen MR) is 97.7 cm³/mol. The highest BCUT2D eigenvalue weighted by Crippen LogP contribution is 2.07. The zero-order valence-corrected chi connectivity index (χ0v) is 14.4. The van der Waals surface area contributed by atoms with Gasteiger partial charge in [0.1, 0.15) is 11.5 Å². The summed E-state index contributed by atoms with van der Waals surface area (Å²) in [5.74, 6) is 0.889. The van der Waals surface area contributed by atoms with Crippen LogP contribution in [0, 0.1) is 0 Å². The van der Waals surface area contributed by atoms with Gasteiger partial charge in [-0.2, -0.15) is 0 Å². The molecule has 2 N–H and O–H groups in total. The Hall–Kier alpha value is -3.09. The molecule has 0 aliphatic heterocycles. The summed E-state index contributed by atoms with van der Waals surface area (Å²) in [6.07, 6.45) is 6.40. The number of aromatic nitrogens is 3. The standard InChI is InChI=1S/C18H22N6O/c1-23(2)16-7-6-14(11-20-16)12-21-18(25)19-9-8-15-13-24-10-4-3-5-17(24)22-15/h3-7,10-11,13H,8-9,12H2,1-2H3,(H2,19,21,25). The number of urea groups is 1. The molecular formula is C18H22N6O. The van der Waals surface area contributed by atoms with Gasteiger partial charge in [-0.3, -0.25) is 0 Å². The van der Waals surface area contributed by atoms with Crippen molar-refractivity contribution in [2.24, 2.45) is 0 Å². The van der Waals surface area contributed by atoms with Crippen LogP contribution in [0.15, 0.2) is 48.9 Å². The Morgan fingerprint density at radius 1 is 1.20 bits per heavy atom. The van der Waals surface area contributed by atoms with Crippen LogP contribution in [0.1, 0.15) is 11.3 Å². The van der Waals surface area contributed by atoms with Crippen molar-refractivity contribution in [2.45, 2.75) is 13.0 Å². The Morgan fingerprint density at radius 2 is 2.08 bits per heavy atom. The first-order valence-corrected chi connectivity index (χ1v) is 8.18. The quantitative estimate of drug-likeness (QED) is 0.719. The fourth-order valence-corrected chi connectivity index (χ4v) is 2.44. The maximum absolute atomic E-state index is 11.9. The molecule has 0 bridgehead atoms. The lowest BCUT2D eigenvalue weighted by Gasteiger charge is -2.11. The molecule has 0 atom stereocenters. The second-order valence-electron chi connectivity index (χ2n) is 5.98. The number of hydrogen-bond donors (Lipinski definition) is 2. The van der Waals surface area contributed by atoms with E-state index in [0.717, 1.165) is 22.7 Å². The predicted octanol–water partition coefficient (Wildman–Crippen LogP) is 1.84. The average Bonchev–Trinajstić information content (AvgIpc) is 3.03. The number of rotatable bonds is 6. The van der Waals surface area contributed by atoms with Crippen LogP contribution >= 0.6 is 0 Å². The highest BCUT2D eigenvalue weighted by molar-refractivity contribution is 5.73. The molecule has 3 heterocycles. The number of anilines is 1. The van der Waals surface area contributed by atoms with Crippen molar-refractivity contribution in [2.75, 3.05) is 25.5 Å². The van der Waals surface area contributed by atoms with Crippen molar-refractivity contribution in [3.8, 4) is 0 Å². The largest absolute Gasteiger partial charge is 0.363 e. The molecule has 130 valence electrons. The number of amides is 2. The van der Waals surface area contributed by atoms with Gasteiger partial charge in [-0.25, -0.2) is 14.8 Å². The Labute approximate surface area is 146 Å². The first-order valence-electron chi connectivity index (χ1n) is 8.18. The highest BCUT2D eigenvalue weighted by Gasteiger charge is 2.04. The van der Waals surface area contributed by atoms with Gasteiger partial charge in [0.15, 0.2) is 0 Å². The molecule has 0 radical (unpaired) electrons. The van der Waals surface area contributed by atoms with Crippen molar-refractivity contribution in [1.82, 2.24) is 25.0 Å². The van der Waals surface area contributed by atoms with Crippen LogP contribution in [0.4, 0.5) is 10.6 Å². The van der Waals surface area contributed by atoms with Crippen molar-refractivity contribution in [3.05, 3.63) is 60.2 Å². The first-order chi connectivity index (χ1) is 12.1. The summed E-state index contributed by atoms with van der Waals surface area (Å²) >= 11 is 0. The van der Waals surface area contributed by atoms with Gasteiger partial charge in [-0.1, -0.05) is 12.1 Å². The minimum absolute atomic E-state index is 0.194. The molecule has 0 saturated carbocycles. The molecule has 3 aromatic heterocycles. The summed E-state index contributed by atoms with van der Waals surface area (Å²) in [6, 6.07) is 9.57. The fraction of sp³-hybridized carbons (Fsp3) is 0.278. The molecule has 0 aliphatic rings. The topological polar surface area (TPSA) is 74.6 Å². The molecule has 7 nitrogen and oxygen atoms in total. The van der Waals surface area contributed by atoms with Gasteiger partial charge < -0.3 is 19.9 Å². The van der Waals surface area contributed by atoms with E-state index in [2.05, 4.69) is 20.6 Å². The molecule has 0 fully saturated rings. The molecule has 25 heavy (non-hydrogen) atoms. The van der Waals surface area contributed by atoms with Crippen LogP contribution < -0.4 is 15.5 Å². The van der Waals surface area contributed by atoms with Gasteiger partial charge in [-0.15, -0.1) is 0 Å². The number of imidazole rings is 1. The molecule has 3 rings (SSSR count). The van der Waals surface area contributed by atoms with E-state index in [0.29, 0.717) is 19.5 Å². The number of carbonyl (C=O) groups is 1. The third-order valence-electron chi connectivity index (χ3n) is 3.80. The van der Waals surface area contributed by atoms with Gasteiger partial charge in [-0.05, 0) is 23.8 Å². The van der Waals surface area contributed by atoms with Gasteiger partial charge in [0.05, 0.1) is 5.69 Å². The van der Waals surface area contributed by atoms with Crippen molar-refractivity contribution in [3.63, 3.8) is 0 Å². The van der Waals surface area contributed by atoms with Crippen molar-refractivity contribution in [1.29, 1.82) is 0 Å². The third-order valence-corrected chi connectivity index (χ3v) is 3.80. The number of nitrogens with one attached hydrogen (secondary N) is 2. The smallest absolute Gasteiger partial charge is 0.315 e. The van der Waals surface area contributed by atoms with Crippen LogP contribution in [0.3, 0.4) is 0 Å². The minimum atomic E-state index is -0.194. The molecular weight excluding hydrogens is 316 g/mol. The normalized spacial score (nSPS) is 10.6. The Morgan fingerprint density at radius 3 is 2.80 bits per heavy atom. The average molecular weight is 338 g/mol. The van der Waals surface area contributed by atoms with Gasteiger partial charge in [0.25, 0.3) is 0 Å².